The lowest BCUT2D eigenvalue weighted by Crippen LogP contribution is -2.19. The highest BCUT2D eigenvalue weighted by atomic mass is 35.5. The molecule has 2 N–H and O–H groups in total. The molecule has 0 bridgehead atoms. The summed E-state index contributed by atoms with van der Waals surface area (Å²) in [6, 6.07) is 13.9. The van der Waals surface area contributed by atoms with Crippen LogP contribution in [0.3, 0.4) is 0 Å². The Morgan fingerprint density at radius 3 is 2.45 bits per heavy atom. The molecule has 0 spiro atoms. The summed E-state index contributed by atoms with van der Waals surface area (Å²) in [5, 5.41) is 0.714. The molecule has 0 radical (unpaired) electrons. The van der Waals surface area contributed by atoms with E-state index >= 15 is 0 Å². The van der Waals surface area contributed by atoms with E-state index in [0.29, 0.717) is 11.6 Å². The van der Waals surface area contributed by atoms with Gasteiger partial charge in [-0.2, -0.15) is 0 Å². The minimum absolute atomic E-state index is 0.432. The summed E-state index contributed by atoms with van der Waals surface area (Å²) < 4.78 is 5.16. The molecule has 20 heavy (non-hydrogen) atoms. The minimum atomic E-state index is 0.432. The second kappa shape index (κ2) is 6.64. The molecular weight excluding hydrogens is 272 g/mol. The number of nitrogens with two attached hydrogens (primary N) is 1. The largest absolute Gasteiger partial charge is 0.497 e. The van der Waals surface area contributed by atoms with E-state index in [1.807, 2.05) is 37.4 Å². The Balaban J connectivity index is 2.19. The summed E-state index contributed by atoms with van der Waals surface area (Å²) in [6.45, 7) is 1.22. The molecular formula is C16H19ClN2O. The van der Waals surface area contributed by atoms with E-state index in [1.165, 1.54) is 5.56 Å². The van der Waals surface area contributed by atoms with Gasteiger partial charge in [0.1, 0.15) is 5.75 Å². The maximum absolute atomic E-state index is 6.19. The van der Waals surface area contributed by atoms with E-state index < -0.39 is 0 Å². The summed E-state index contributed by atoms with van der Waals surface area (Å²) in [5.74, 6) is 0.863. The maximum Gasteiger partial charge on any atom is 0.118 e. The molecule has 0 unspecified atom stereocenters. The van der Waals surface area contributed by atoms with Gasteiger partial charge in [-0.15, -0.1) is 0 Å². The zero-order valence-corrected chi connectivity index (χ0v) is 12.5. The number of nitrogens with zero attached hydrogens (tertiary/aromatic N) is 1. The topological polar surface area (TPSA) is 38.5 Å². The molecule has 4 heteroatoms. The first-order chi connectivity index (χ1) is 9.65. The highest BCUT2D eigenvalue weighted by molar-refractivity contribution is 6.31. The first-order valence-electron chi connectivity index (χ1n) is 6.47. The van der Waals surface area contributed by atoms with Gasteiger partial charge in [-0.05, 0) is 29.8 Å². The Kier molecular flexibility index (Phi) is 4.88. The number of rotatable bonds is 5. The van der Waals surface area contributed by atoms with E-state index in [2.05, 4.69) is 17.0 Å². The van der Waals surface area contributed by atoms with Crippen LogP contribution in [-0.2, 0) is 13.1 Å². The third-order valence-electron chi connectivity index (χ3n) is 3.29. The van der Waals surface area contributed by atoms with Crippen molar-refractivity contribution in [1.82, 2.24) is 0 Å². The Labute approximate surface area is 124 Å². The van der Waals surface area contributed by atoms with E-state index in [1.54, 1.807) is 7.11 Å². The maximum atomic E-state index is 6.19. The van der Waals surface area contributed by atoms with E-state index in [9.17, 15) is 0 Å². The summed E-state index contributed by atoms with van der Waals surface area (Å²) in [5.41, 5.74) is 9.04. The lowest BCUT2D eigenvalue weighted by atomic mass is 10.1. The van der Waals surface area contributed by atoms with E-state index in [-0.39, 0.29) is 0 Å². The quantitative estimate of drug-likeness (QED) is 0.917. The van der Waals surface area contributed by atoms with Crippen LogP contribution in [0.2, 0.25) is 5.02 Å². The van der Waals surface area contributed by atoms with Gasteiger partial charge in [0.05, 0.1) is 7.11 Å². The molecule has 0 amide bonds. The van der Waals surface area contributed by atoms with Gasteiger partial charge in [-0.25, -0.2) is 0 Å². The predicted molar refractivity (Wildman–Crippen MR) is 84.4 cm³/mol. The van der Waals surface area contributed by atoms with Crippen molar-refractivity contribution in [2.45, 2.75) is 13.1 Å². The molecule has 3 nitrogen and oxygen atoms in total. The third-order valence-corrected chi connectivity index (χ3v) is 3.64. The normalized spacial score (nSPS) is 10.4. The Hall–Kier alpha value is -1.71. The van der Waals surface area contributed by atoms with E-state index in [4.69, 9.17) is 22.1 Å². The monoisotopic (exact) mass is 290 g/mol. The molecule has 2 aromatic rings. The summed E-state index contributed by atoms with van der Waals surface area (Å²) in [6.07, 6.45) is 0. The van der Waals surface area contributed by atoms with Crippen LogP contribution in [0.4, 0.5) is 5.69 Å². The third kappa shape index (κ3) is 3.24. The molecule has 0 heterocycles. The van der Waals surface area contributed by atoms with Crippen molar-refractivity contribution in [2.75, 3.05) is 19.1 Å². The number of hydrogen-bond acceptors (Lipinski definition) is 3. The van der Waals surface area contributed by atoms with Crippen molar-refractivity contribution < 1.29 is 4.74 Å². The Bertz CT molecular complexity index is 569. The number of halogens is 1. The van der Waals surface area contributed by atoms with Crippen LogP contribution in [0.15, 0.2) is 42.5 Å². The molecule has 2 aromatic carbocycles. The number of methoxy groups -OCH3 is 1. The van der Waals surface area contributed by atoms with Gasteiger partial charge in [-0.1, -0.05) is 29.8 Å². The van der Waals surface area contributed by atoms with Crippen molar-refractivity contribution in [2.24, 2.45) is 5.73 Å². The van der Waals surface area contributed by atoms with Gasteiger partial charge in [-0.3, -0.25) is 0 Å². The number of ether oxygens (including phenoxy) is 1. The number of hydrogen-bond donors (Lipinski definition) is 1. The zero-order chi connectivity index (χ0) is 14.5. The van der Waals surface area contributed by atoms with E-state index in [0.717, 1.165) is 23.5 Å². The van der Waals surface area contributed by atoms with Crippen LogP contribution in [0.1, 0.15) is 11.1 Å². The van der Waals surface area contributed by atoms with Gasteiger partial charge in [0.2, 0.25) is 0 Å². The van der Waals surface area contributed by atoms with Crippen molar-refractivity contribution >= 4 is 17.3 Å². The van der Waals surface area contributed by atoms with Crippen LogP contribution in [0.5, 0.6) is 5.75 Å². The fourth-order valence-electron chi connectivity index (χ4n) is 2.20. The second-order valence-corrected chi connectivity index (χ2v) is 5.05. The molecule has 0 saturated carbocycles. The molecule has 0 aliphatic rings. The average Bonchev–Trinajstić information content (AvgIpc) is 2.47. The summed E-state index contributed by atoms with van der Waals surface area (Å²) >= 11 is 6.19. The Morgan fingerprint density at radius 2 is 1.85 bits per heavy atom. The molecule has 106 valence electrons. The molecule has 0 aromatic heterocycles. The van der Waals surface area contributed by atoms with Crippen LogP contribution in [0.25, 0.3) is 0 Å². The molecule has 2 rings (SSSR count). The lowest BCUT2D eigenvalue weighted by molar-refractivity contribution is 0.414. The van der Waals surface area contributed by atoms with Crippen molar-refractivity contribution in [3.63, 3.8) is 0 Å². The summed E-state index contributed by atoms with van der Waals surface area (Å²) in [7, 11) is 3.70. The standard InChI is InChI=1S/C16H19ClN2O/c1-19(11-12-6-8-13(20-2)9-7-12)16-5-3-4-15(17)14(16)10-18/h3-9H,10-11,18H2,1-2H3. The summed E-state index contributed by atoms with van der Waals surface area (Å²) in [4.78, 5) is 2.15. The van der Waals surface area contributed by atoms with Gasteiger partial charge in [0.15, 0.2) is 0 Å². The Morgan fingerprint density at radius 1 is 1.15 bits per heavy atom. The molecule has 0 atom stereocenters. The molecule has 0 aliphatic heterocycles. The fourth-order valence-corrected chi connectivity index (χ4v) is 2.44. The SMILES string of the molecule is COc1ccc(CN(C)c2cccc(Cl)c2CN)cc1. The highest BCUT2D eigenvalue weighted by Gasteiger charge is 2.10. The average molecular weight is 291 g/mol. The van der Waals surface area contributed by atoms with Crippen LogP contribution in [0, 0.1) is 0 Å². The van der Waals surface area contributed by atoms with Gasteiger partial charge in [0.25, 0.3) is 0 Å². The molecule has 0 saturated heterocycles. The zero-order valence-electron chi connectivity index (χ0n) is 11.8. The second-order valence-electron chi connectivity index (χ2n) is 4.65. The van der Waals surface area contributed by atoms with Crippen LogP contribution >= 0.6 is 11.6 Å². The van der Waals surface area contributed by atoms with Crippen molar-refractivity contribution in [1.29, 1.82) is 0 Å². The fraction of sp³-hybridized carbons (Fsp3) is 0.250. The number of benzene rings is 2. The van der Waals surface area contributed by atoms with Crippen molar-refractivity contribution in [3.8, 4) is 5.75 Å². The van der Waals surface area contributed by atoms with Crippen molar-refractivity contribution in [3.05, 3.63) is 58.6 Å². The highest BCUT2D eigenvalue weighted by Crippen LogP contribution is 2.27. The predicted octanol–water partition coefficient (Wildman–Crippen LogP) is 3.44. The number of anilines is 1. The molecule has 0 fully saturated rings. The lowest BCUT2D eigenvalue weighted by Gasteiger charge is -2.23. The smallest absolute Gasteiger partial charge is 0.118 e. The van der Waals surface area contributed by atoms with Crippen LogP contribution < -0.4 is 15.4 Å². The minimum Gasteiger partial charge on any atom is -0.497 e. The first-order valence-corrected chi connectivity index (χ1v) is 6.85. The van der Waals surface area contributed by atoms with Gasteiger partial charge in [0, 0.05) is 36.4 Å². The van der Waals surface area contributed by atoms with Crippen LogP contribution in [-0.4, -0.2) is 14.2 Å². The van der Waals surface area contributed by atoms with Gasteiger partial charge < -0.3 is 15.4 Å². The molecule has 0 aliphatic carbocycles. The first kappa shape index (κ1) is 14.7. The van der Waals surface area contributed by atoms with Gasteiger partial charge >= 0.3 is 0 Å².